The van der Waals surface area contributed by atoms with E-state index < -0.39 is 18.3 Å². The minimum absolute atomic E-state index is 0.249. The van der Waals surface area contributed by atoms with Crippen LogP contribution in [0, 0.1) is 0 Å². The molecule has 5 heteroatoms. The van der Waals surface area contributed by atoms with Crippen LogP contribution >= 0.6 is 0 Å². The minimum atomic E-state index is -0.430. The van der Waals surface area contributed by atoms with E-state index in [-0.39, 0.29) is 5.41 Å². The van der Waals surface area contributed by atoms with Gasteiger partial charge in [-0.15, -0.1) is 0 Å². The van der Waals surface area contributed by atoms with Gasteiger partial charge in [0.2, 0.25) is 0 Å². The van der Waals surface area contributed by atoms with Gasteiger partial charge in [0.15, 0.2) is 0 Å². The summed E-state index contributed by atoms with van der Waals surface area (Å²) >= 11 is 0. The van der Waals surface area contributed by atoms with Crippen LogP contribution in [0.3, 0.4) is 0 Å². The summed E-state index contributed by atoms with van der Waals surface area (Å²) in [6.45, 7) is 13.0. The summed E-state index contributed by atoms with van der Waals surface area (Å²) in [4.78, 5) is 7.64. The fraction of sp³-hybridized carbons (Fsp3) is 0.237. The highest BCUT2D eigenvalue weighted by Gasteiger charge is 2.52. The van der Waals surface area contributed by atoms with Crippen LogP contribution in [0.5, 0.6) is 0 Å². The molecule has 1 saturated heterocycles. The van der Waals surface area contributed by atoms with Crippen LogP contribution in [-0.2, 0) is 14.7 Å². The molecule has 0 unspecified atom stereocenters. The molecule has 2 aliphatic rings. The molecular weight excluding hydrogens is 527 g/mol. The maximum Gasteiger partial charge on any atom is 0.494 e. The second-order valence-electron chi connectivity index (χ2n) is 13.2. The molecular formula is C38H37BN2O2. The molecule has 0 spiro atoms. The molecule has 4 aromatic carbocycles. The van der Waals surface area contributed by atoms with E-state index in [9.17, 15) is 0 Å². The number of anilines is 3. The number of rotatable bonds is 4. The Labute approximate surface area is 255 Å². The highest BCUT2D eigenvalue weighted by Crippen LogP contribution is 2.52. The first-order valence-corrected chi connectivity index (χ1v) is 15.1. The summed E-state index contributed by atoms with van der Waals surface area (Å²) < 4.78 is 12.9. The van der Waals surface area contributed by atoms with Gasteiger partial charge in [0, 0.05) is 11.0 Å². The van der Waals surface area contributed by atoms with E-state index in [1.54, 1.807) is 0 Å². The molecule has 0 saturated carbocycles. The normalized spacial score (nSPS) is 17.8. The summed E-state index contributed by atoms with van der Waals surface area (Å²) in [5.41, 5.74) is 9.00. The van der Waals surface area contributed by atoms with Gasteiger partial charge >= 0.3 is 7.12 Å². The lowest BCUT2D eigenvalue weighted by Gasteiger charge is -2.42. The first-order valence-electron chi connectivity index (χ1n) is 15.1. The number of hydrogen-bond donors (Lipinski definition) is 0. The van der Waals surface area contributed by atoms with Crippen molar-refractivity contribution in [2.75, 3.05) is 4.90 Å². The highest BCUT2D eigenvalue weighted by molar-refractivity contribution is 6.62. The van der Waals surface area contributed by atoms with E-state index in [0.717, 1.165) is 45.0 Å². The Bertz CT molecular complexity index is 1740. The van der Waals surface area contributed by atoms with Crippen molar-refractivity contribution in [1.29, 1.82) is 0 Å². The Morgan fingerprint density at radius 1 is 0.558 bits per heavy atom. The lowest BCUT2D eigenvalue weighted by Crippen LogP contribution is -2.41. The predicted octanol–water partition coefficient (Wildman–Crippen LogP) is 8.82. The second kappa shape index (κ2) is 9.94. The van der Waals surface area contributed by atoms with Crippen molar-refractivity contribution in [3.8, 4) is 22.4 Å². The molecule has 1 fully saturated rings. The lowest BCUT2D eigenvalue weighted by atomic mass is 9.69. The van der Waals surface area contributed by atoms with E-state index in [0.29, 0.717) is 0 Å². The largest absolute Gasteiger partial charge is 0.494 e. The summed E-state index contributed by atoms with van der Waals surface area (Å²) in [6, 6.07) is 40.7. The van der Waals surface area contributed by atoms with Crippen molar-refractivity contribution < 1.29 is 9.31 Å². The predicted molar refractivity (Wildman–Crippen MR) is 178 cm³/mol. The molecule has 1 aromatic heterocycles. The zero-order valence-electron chi connectivity index (χ0n) is 25.8. The minimum Gasteiger partial charge on any atom is -0.399 e. The monoisotopic (exact) mass is 564 g/mol. The summed E-state index contributed by atoms with van der Waals surface area (Å²) in [6.07, 6.45) is 0. The maximum absolute atomic E-state index is 6.47. The topological polar surface area (TPSA) is 34.6 Å². The van der Waals surface area contributed by atoms with Gasteiger partial charge in [0.1, 0.15) is 5.82 Å². The second-order valence-corrected chi connectivity index (χ2v) is 13.2. The van der Waals surface area contributed by atoms with E-state index in [1.165, 1.54) is 11.1 Å². The molecule has 0 aliphatic carbocycles. The van der Waals surface area contributed by atoms with Crippen LogP contribution in [0.25, 0.3) is 22.4 Å². The van der Waals surface area contributed by atoms with Gasteiger partial charge < -0.3 is 9.31 Å². The molecule has 7 rings (SSSR count). The number of fused-ring (bicyclic) bond motifs is 2. The molecule has 43 heavy (non-hydrogen) atoms. The van der Waals surface area contributed by atoms with Gasteiger partial charge in [-0.3, -0.25) is 4.90 Å². The van der Waals surface area contributed by atoms with Crippen LogP contribution in [0.1, 0.15) is 52.7 Å². The van der Waals surface area contributed by atoms with E-state index in [2.05, 4.69) is 156 Å². The van der Waals surface area contributed by atoms with Crippen LogP contribution in [0.15, 0.2) is 115 Å². The lowest BCUT2D eigenvalue weighted by molar-refractivity contribution is 0.00578. The van der Waals surface area contributed by atoms with Crippen LogP contribution in [0.2, 0.25) is 0 Å². The number of para-hydroxylation sites is 1. The van der Waals surface area contributed by atoms with Crippen molar-refractivity contribution in [1.82, 2.24) is 4.98 Å². The number of benzene rings is 4. The van der Waals surface area contributed by atoms with Crippen LogP contribution < -0.4 is 10.4 Å². The first-order chi connectivity index (χ1) is 20.5. The molecule has 4 nitrogen and oxygen atoms in total. The van der Waals surface area contributed by atoms with Crippen molar-refractivity contribution in [3.05, 3.63) is 126 Å². The summed E-state index contributed by atoms with van der Waals surface area (Å²) in [5.74, 6) is 0.882. The van der Waals surface area contributed by atoms with Gasteiger partial charge in [-0.1, -0.05) is 105 Å². The number of hydrogen-bond acceptors (Lipinski definition) is 4. The first kappa shape index (κ1) is 27.6. The quantitative estimate of drug-likeness (QED) is 0.204. The Morgan fingerprint density at radius 2 is 1.14 bits per heavy atom. The molecule has 0 N–H and O–H groups in total. The standard InChI is InChI=1S/C38H37BN2O2/c1-36(2)30-19-13-14-20-33(30)41(34-22-21-29(25-31(34)36)39-42-37(3,4)38(5,6)43-39)35-24-28(26-15-9-7-10-16-26)23-32(40-35)27-17-11-8-12-18-27/h7-25H,1-6H3. The van der Waals surface area contributed by atoms with E-state index in [4.69, 9.17) is 14.3 Å². The molecule has 5 aromatic rings. The maximum atomic E-state index is 6.47. The molecule has 2 aliphatic heterocycles. The van der Waals surface area contributed by atoms with Gasteiger partial charge in [-0.05, 0) is 79.7 Å². The molecule has 3 heterocycles. The summed E-state index contributed by atoms with van der Waals surface area (Å²) in [5, 5.41) is 0. The van der Waals surface area contributed by atoms with Crippen LogP contribution in [0.4, 0.5) is 17.2 Å². The molecule has 214 valence electrons. The molecule has 0 bridgehead atoms. The van der Waals surface area contributed by atoms with Gasteiger partial charge in [-0.2, -0.15) is 0 Å². The molecule has 0 radical (unpaired) electrons. The Balaban J connectivity index is 1.43. The third-order valence-electron chi connectivity index (χ3n) is 9.50. The van der Waals surface area contributed by atoms with Crippen LogP contribution in [-0.4, -0.2) is 23.3 Å². The van der Waals surface area contributed by atoms with Gasteiger partial charge in [0.25, 0.3) is 0 Å². The van der Waals surface area contributed by atoms with E-state index in [1.807, 2.05) is 6.07 Å². The number of aromatic nitrogens is 1. The van der Waals surface area contributed by atoms with Gasteiger partial charge in [0.05, 0.1) is 28.3 Å². The Hall–Kier alpha value is -4.19. The van der Waals surface area contributed by atoms with Crippen molar-refractivity contribution in [2.24, 2.45) is 0 Å². The molecule has 0 atom stereocenters. The third kappa shape index (κ3) is 4.59. The SMILES string of the molecule is CC1(C)c2ccccc2N(c2cc(-c3ccccc3)cc(-c3ccccc3)n2)c2ccc(B3OC(C)(C)C(C)(C)O3)cc21. The van der Waals surface area contributed by atoms with Gasteiger partial charge in [-0.25, -0.2) is 4.98 Å². The zero-order chi connectivity index (χ0) is 30.0. The Kier molecular flexibility index (Phi) is 6.39. The Morgan fingerprint density at radius 3 is 1.81 bits per heavy atom. The zero-order valence-corrected chi connectivity index (χ0v) is 25.8. The third-order valence-corrected chi connectivity index (χ3v) is 9.50. The van der Waals surface area contributed by atoms with E-state index >= 15 is 0 Å². The fourth-order valence-corrected chi connectivity index (χ4v) is 6.28. The van der Waals surface area contributed by atoms with Crippen molar-refractivity contribution in [3.63, 3.8) is 0 Å². The molecule has 0 amide bonds. The fourth-order valence-electron chi connectivity index (χ4n) is 6.28. The average Bonchev–Trinajstić information content (AvgIpc) is 3.24. The smallest absolute Gasteiger partial charge is 0.399 e. The number of pyridine rings is 1. The van der Waals surface area contributed by atoms with Crippen molar-refractivity contribution in [2.45, 2.75) is 58.2 Å². The highest BCUT2D eigenvalue weighted by atomic mass is 16.7. The summed E-state index contributed by atoms with van der Waals surface area (Å²) in [7, 11) is -0.430. The van der Waals surface area contributed by atoms with Crippen molar-refractivity contribution >= 4 is 29.8 Å². The number of nitrogens with zero attached hydrogens (tertiary/aromatic N) is 2. The average molecular weight is 565 g/mol.